The van der Waals surface area contributed by atoms with Crippen LogP contribution in [-0.4, -0.2) is 73.0 Å². The van der Waals surface area contributed by atoms with Crippen LogP contribution in [0.4, 0.5) is 4.79 Å². The minimum Gasteiger partial charge on any atom is -0.442 e. The summed E-state index contributed by atoms with van der Waals surface area (Å²) >= 11 is 0. The Morgan fingerprint density at radius 3 is 1.86 bits per heavy atom. The first-order chi connectivity index (χ1) is 17.4. The van der Waals surface area contributed by atoms with Crippen LogP contribution in [-0.2, 0) is 38.4 Å². The number of nitrogens with zero attached hydrogens (tertiary/aromatic N) is 3. The fraction of sp³-hybridized carbons (Fsp3) is 0.708. The average molecular weight is 564 g/mol. The van der Waals surface area contributed by atoms with Crippen LogP contribution in [0, 0.1) is 0 Å². The van der Waals surface area contributed by atoms with Gasteiger partial charge in [-0.25, -0.2) is 4.79 Å². The van der Waals surface area contributed by atoms with Crippen molar-refractivity contribution in [1.82, 2.24) is 9.78 Å². The summed E-state index contributed by atoms with van der Waals surface area (Å²) in [7, 11) is -5.96. The van der Waals surface area contributed by atoms with Crippen LogP contribution in [0.1, 0.15) is 60.5 Å². The fourth-order valence-corrected chi connectivity index (χ4v) is 6.41. The zero-order valence-electron chi connectivity index (χ0n) is 23.2. The van der Waals surface area contributed by atoms with Crippen molar-refractivity contribution >= 4 is 27.5 Å². The molecule has 1 aromatic rings. The van der Waals surface area contributed by atoms with Gasteiger partial charge in [-0.05, 0) is 72.4 Å². The summed E-state index contributed by atoms with van der Waals surface area (Å²) in [6.45, 7) is 14.8. The molecule has 212 valence electrons. The highest BCUT2D eigenvalue weighted by Crippen LogP contribution is 2.49. The molecule has 0 atom stereocenters. The van der Waals surface area contributed by atoms with E-state index < -0.39 is 26.9 Å². The van der Waals surface area contributed by atoms with Gasteiger partial charge < -0.3 is 22.8 Å². The van der Waals surface area contributed by atoms with Crippen molar-refractivity contribution in [3.63, 3.8) is 0 Å². The predicted molar refractivity (Wildman–Crippen MR) is 145 cm³/mol. The Morgan fingerprint density at radius 1 is 0.919 bits per heavy atom. The Morgan fingerprint density at radius 2 is 1.43 bits per heavy atom. The molecule has 0 radical (unpaired) electrons. The quantitative estimate of drug-likeness (QED) is 0.246. The van der Waals surface area contributed by atoms with Gasteiger partial charge in [-0.2, -0.15) is 9.78 Å². The molecule has 37 heavy (non-hydrogen) atoms. The molecule has 2 rings (SSSR count). The summed E-state index contributed by atoms with van der Waals surface area (Å²) in [5.41, 5.74) is 1.31. The van der Waals surface area contributed by atoms with Gasteiger partial charge in [0.1, 0.15) is 5.60 Å². The molecule has 0 saturated carbocycles. The monoisotopic (exact) mass is 563 g/mol. The predicted octanol–water partition coefficient (Wildman–Crippen LogP) is 6.13. The van der Waals surface area contributed by atoms with Crippen LogP contribution in [0.15, 0.2) is 29.0 Å². The van der Waals surface area contributed by atoms with Crippen LogP contribution in [0.2, 0.25) is 0 Å². The number of aromatic nitrogens is 2. The zero-order chi connectivity index (χ0) is 28.0. The largest absolute Gasteiger partial charge is 0.442 e. The van der Waals surface area contributed by atoms with Gasteiger partial charge >= 0.3 is 21.3 Å². The number of ether oxygens (including phenoxy) is 1. The van der Waals surface area contributed by atoms with E-state index in [9.17, 15) is 13.9 Å². The van der Waals surface area contributed by atoms with Gasteiger partial charge in [0.05, 0.1) is 51.5 Å². The number of rotatable bonds is 14. The minimum absolute atomic E-state index is 0.245. The van der Waals surface area contributed by atoms with E-state index in [-0.39, 0.29) is 6.16 Å². The molecule has 13 heteroatoms. The van der Waals surface area contributed by atoms with Gasteiger partial charge in [0.25, 0.3) is 0 Å². The van der Waals surface area contributed by atoms with E-state index in [2.05, 4.69) is 10.1 Å². The molecule has 1 aliphatic rings. The lowest BCUT2D eigenvalue weighted by Gasteiger charge is -2.18. The van der Waals surface area contributed by atoms with E-state index in [1.54, 1.807) is 47.0 Å². The third-order valence-corrected chi connectivity index (χ3v) is 8.73. The SMILES string of the molecule is CCOP(=O)(CCC1=CCN=C1)OCC.CCOP(=O)(CCc1cnn(C(=O)OC(C)(C)C)c1)OCC. The smallest absolute Gasteiger partial charge is 0.435 e. The first-order valence-electron chi connectivity index (χ1n) is 12.6. The van der Waals surface area contributed by atoms with Gasteiger partial charge in [0.2, 0.25) is 0 Å². The number of allylic oxidation sites excluding steroid dienone is 1. The lowest BCUT2D eigenvalue weighted by atomic mass is 10.2. The van der Waals surface area contributed by atoms with E-state index in [4.69, 9.17) is 22.8 Å². The van der Waals surface area contributed by atoms with Crippen molar-refractivity contribution in [1.29, 1.82) is 0 Å². The maximum absolute atomic E-state index is 12.4. The Balaban J connectivity index is 0.000000397. The maximum Gasteiger partial charge on any atom is 0.435 e. The van der Waals surface area contributed by atoms with Crippen LogP contribution in [0.3, 0.4) is 0 Å². The lowest BCUT2D eigenvalue weighted by Crippen LogP contribution is -2.27. The first-order valence-corrected chi connectivity index (χ1v) is 16.1. The number of hydrogen-bond donors (Lipinski definition) is 0. The van der Waals surface area contributed by atoms with E-state index >= 15 is 0 Å². The standard InChI is InChI=1S/C14H25N2O5P.C10H18NO3P/c1-6-19-22(18,20-7-2)9-8-12-10-15-16(11-12)13(17)21-14(3,4)5;1-3-13-15(12,14-4-2)8-6-10-5-7-11-9-10/h10-11H,6-9H2,1-5H3;5,9H,3-4,6-8H2,1-2H3. The van der Waals surface area contributed by atoms with Gasteiger partial charge in [0.15, 0.2) is 0 Å². The van der Waals surface area contributed by atoms with Crippen molar-refractivity contribution in [3.05, 3.63) is 29.6 Å². The second-order valence-electron chi connectivity index (χ2n) is 8.89. The van der Waals surface area contributed by atoms with Crippen molar-refractivity contribution in [2.45, 2.75) is 66.9 Å². The van der Waals surface area contributed by atoms with E-state index in [1.165, 1.54) is 0 Å². The van der Waals surface area contributed by atoms with Crippen molar-refractivity contribution in [2.24, 2.45) is 4.99 Å². The Kier molecular flexibility index (Phi) is 14.8. The van der Waals surface area contributed by atoms with Crippen LogP contribution in [0.25, 0.3) is 0 Å². The molecule has 0 unspecified atom stereocenters. The van der Waals surface area contributed by atoms with Gasteiger partial charge in [-0.15, -0.1) is 0 Å². The van der Waals surface area contributed by atoms with E-state index in [0.29, 0.717) is 45.4 Å². The van der Waals surface area contributed by atoms with Gasteiger partial charge in [0, 0.05) is 12.4 Å². The number of carbonyl (C=O) groups excluding carboxylic acids is 1. The molecule has 0 aliphatic carbocycles. The zero-order valence-corrected chi connectivity index (χ0v) is 25.0. The number of hydrogen-bond acceptors (Lipinski definition) is 10. The first kappa shape index (κ1) is 33.4. The highest BCUT2D eigenvalue weighted by atomic mass is 31.2. The van der Waals surface area contributed by atoms with Crippen molar-refractivity contribution in [3.8, 4) is 0 Å². The van der Waals surface area contributed by atoms with E-state index in [1.807, 2.05) is 26.1 Å². The molecular formula is C24H43N3O8P2. The van der Waals surface area contributed by atoms with Gasteiger partial charge in [-0.1, -0.05) is 6.08 Å². The second-order valence-corrected chi connectivity index (χ2v) is 13.3. The second kappa shape index (κ2) is 16.4. The highest BCUT2D eigenvalue weighted by molar-refractivity contribution is 7.54. The third kappa shape index (κ3) is 13.7. The summed E-state index contributed by atoms with van der Waals surface area (Å²) < 4.78 is 51.6. The molecule has 1 aliphatic heterocycles. The number of aliphatic imine (C=N–C) groups is 1. The molecule has 11 nitrogen and oxygen atoms in total. The number of aryl methyl sites for hydroxylation is 1. The minimum atomic E-state index is -3.09. The van der Waals surface area contributed by atoms with Crippen molar-refractivity contribution < 1.29 is 36.8 Å². The maximum atomic E-state index is 12.4. The van der Waals surface area contributed by atoms with Crippen LogP contribution >= 0.6 is 15.2 Å². The normalized spacial score (nSPS) is 13.8. The van der Waals surface area contributed by atoms with Crippen LogP contribution < -0.4 is 0 Å². The molecule has 2 heterocycles. The third-order valence-electron chi connectivity index (χ3n) is 4.58. The summed E-state index contributed by atoms with van der Waals surface area (Å²) in [6, 6.07) is 0. The fourth-order valence-electron chi connectivity index (χ4n) is 3.11. The van der Waals surface area contributed by atoms with E-state index in [0.717, 1.165) is 22.4 Å². The summed E-state index contributed by atoms with van der Waals surface area (Å²) in [6.07, 6.45) is 8.26. The van der Waals surface area contributed by atoms with Crippen molar-refractivity contribution in [2.75, 3.05) is 45.3 Å². The number of carbonyl (C=O) groups is 1. The Hall–Kier alpha value is -1.61. The molecule has 0 N–H and O–H groups in total. The Labute approximate surface area is 221 Å². The summed E-state index contributed by atoms with van der Waals surface area (Å²) in [5, 5.41) is 3.96. The topological polar surface area (TPSA) is 128 Å². The van der Waals surface area contributed by atoms with Crippen LogP contribution in [0.5, 0.6) is 0 Å². The summed E-state index contributed by atoms with van der Waals surface area (Å²) in [5.74, 6) is 0. The average Bonchev–Trinajstić information content (AvgIpc) is 3.49. The molecule has 0 bridgehead atoms. The molecule has 1 aromatic heterocycles. The molecular weight excluding hydrogens is 520 g/mol. The lowest BCUT2D eigenvalue weighted by molar-refractivity contribution is 0.0514. The molecule has 0 fully saturated rings. The summed E-state index contributed by atoms with van der Waals surface area (Å²) in [4.78, 5) is 15.9. The highest BCUT2D eigenvalue weighted by Gasteiger charge is 2.25. The molecule has 0 aromatic carbocycles. The molecule has 0 saturated heterocycles. The van der Waals surface area contributed by atoms with Gasteiger partial charge in [-0.3, -0.25) is 14.1 Å². The molecule has 0 amide bonds. The molecule has 0 spiro atoms. The Bertz CT molecular complexity index is 965.